The van der Waals surface area contributed by atoms with E-state index < -0.39 is 13.3 Å². The van der Waals surface area contributed by atoms with Gasteiger partial charge < -0.3 is 12.9 Å². The molecule has 50 valence electrons. The van der Waals surface area contributed by atoms with Gasteiger partial charge in [-0.1, -0.05) is 26.1 Å². The summed E-state index contributed by atoms with van der Waals surface area (Å²) in [6.07, 6.45) is 0.335. The predicted octanol–water partition coefficient (Wildman–Crippen LogP) is 2.75. The Balaban J connectivity index is 0. The molecule has 0 atom stereocenters. The Bertz CT molecular complexity index is 63.3. The van der Waals surface area contributed by atoms with Crippen molar-refractivity contribution in [1.29, 1.82) is 0 Å². The van der Waals surface area contributed by atoms with Crippen LogP contribution in [0, 0.1) is 0 Å². The van der Waals surface area contributed by atoms with Crippen molar-refractivity contribution in [1.82, 2.24) is 0 Å². The van der Waals surface area contributed by atoms with Gasteiger partial charge in [-0.15, -0.1) is 0 Å². The first-order valence-electron chi connectivity index (χ1n) is 2.77. The van der Waals surface area contributed by atoms with E-state index in [-0.39, 0.29) is 7.85 Å². The van der Waals surface area contributed by atoms with Gasteiger partial charge in [0.2, 0.25) is 0 Å². The van der Waals surface area contributed by atoms with Crippen LogP contribution in [0.2, 0.25) is 6.32 Å². The lowest BCUT2D eigenvalue weighted by Gasteiger charge is -2.10. The van der Waals surface area contributed by atoms with Crippen LogP contribution in [0.4, 0.5) is 12.9 Å². The minimum absolute atomic E-state index is 0. The summed E-state index contributed by atoms with van der Waals surface area (Å²) < 4.78 is 33.9. The fraction of sp³-hybridized carbons (Fsp3) is 1.00. The molecule has 0 aromatic heterocycles. The quantitative estimate of drug-likeness (QED) is 0.510. The molecule has 0 heterocycles. The average Bonchev–Trinajstić information content (AvgIpc) is 1.59. The predicted molar refractivity (Wildman–Crippen MR) is 29.9 cm³/mol. The summed E-state index contributed by atoms with van der Waals surface area (Å²) in [6.45, 7) is -2.75. The van der Waals surface area contributed by atoms with Crippen LogP contribution in [0.1, 0.15) is 21.2 Å². The van der Waals surface area contributed by atoms with E-state index in [4.69, 9.17) is 0 Å². The van der Waals surface area contributed by atoms with Crippen molar-refractivity contribution in [3.63, 3.8) is 0 Å². The Hall–Kier alpha value is -0.145. The third-order valence-electron chi connectivity index (χ3n) is 0.885. The maximum absolute atomic E-state index is 11.3. The summed E-state index contributed by atoms with van der Waals surface area (Å²) in [4.78, 5) is 0. The van der Waals surface area contributed by atoms with Crippen molar-refractivity contribution in [3.05, 3.63) is 0 Å². The van der Waals surface area contributed by atoms with E-state index in [1.165, 1.54) is 0 Å². The molecular formula is C4H10BF3. The highest BCUT2D eigenvalue weighted by molar-refractivity contribution is 6.58. The van der Waals surface area contributed by atoms with E-state index in [0.717, 1.165) is 0 Å². The molecule has 0 rings (SSSR count). The van der Waals surface area contributed by atoms with Gasteiger partial charge in [0, 0.05) is 0 Å². The standard InChI is InChI=1S/C4H9BF3/c1-2-3-4-5(6,7)8/h2-4H2,1H3/q-1/p+1. The Morgan fingerprint density at radius 2 is 1.88 bits per heavy atom. The second kappa shape index (κ2) is 3.00. The molecule has 0 radical (unpaired) electrons. The Morgan fingerprint density at radius 1 is 1.38 bits per heavy atom. The minimum atomic E-state index is -4.50. The van der Waals surface area contributed by atoms with Gasteiger partial charge >= 0.3 is 8.40 Å². The molecule has 0 aromatic rings. The van der Waals surface area contributed by atoms with Crippen molar-refractivity contribution in [2.24, 2.45) is 0 Å². The third-order valence-corrected chi connectivity index (χ3v) is 0.885. The maximum Gasteiger partial charge on any atom is 1.00 e. The molecule has 0 spiro atoms. The van der Waals surface area contributed by atoms with Gasteiger partial charge in [-0.25, -0.2) is 0 Å². The van der Waals surface area contributed by atoms with Gasteiger partial charge in [0.15, 0.2) is 0 Å². The smallest absolute Gasteiger partial charge is 0.449 e. The summed E-state index contributed by atoms with van der Waals surface area (Å²) in [7, 11) is 0. The summed E-state index contributed by atoms with van der Waals surface area (Å²) in [5.74, 6) is 0. The van der Waals surface area contributed by atoms with Crippen LogP contribution in [0.25, 0.3) is 0 Å². The molecule has 8 heavy (non-hydrogen) atoms. The highest BCUT2D eigenvalue weighted by Gasteiger charge is 2.20. The number of hydrogen-bond donors (Lipinski definition) is 0. The Morgan fingerprint density at radius 3 is 2.00 bits per heavy atom. The molecule has 0 saturated carbocycles. The zero-order chi connectivity index (χ0) is 6.62. The molecule has 0 aromatic carbocycles. The number of hydrogen-bond acceptors (Lipinski definition) is 0. The van der Waals surface area contributed by atoms with Crippen LogP contribution in [0.3, 0.4) is 0 Å². The van der Waals surface area contributed by atoms with Crippen LogP contribution in [-0.2, 0) is 0 Å². The van der Waals surface area contributed by atoms with Crippen LogP contribution < -0.4 is 0 Å². The second-order valence-corrected chi connectivity index (χ2v) is 1.85. The molecule has 0 aliphatic rings. The number of rotatable bonds is 3. The highest BCUT2D eigenvalue weighted by atomic mass is 19.4. The SMILES string of the molecule is CCCC[B-](F)(F)F.[H+]. The zero-order valence-corrected chi connectivity index (χ0v) is 4.83. The first kappa shape index (κ1) is 7.85. The molecule has 0 amide bonds. The van der Waals surface area contributed by atoms with E-state index in [1.54, 1.807) is 6.92 Å². The first-order chi connectivity index (χ1) is 3.56. The van der Waals surface area contributed by atoms with Crippen molar-refractivity contribution >= 4 is 6.98 Å². The fourth-order valence-corrected chi connectivity index (χ4v) is 0.436. The van der Waals surface area contributed by atoms with E-state index in [0.29, 0.717) is 6.42 Å². The summed E-state index contributed by atoms with van der Waals surface area (Å²) in [5.41, 5.74) is 0. The molecule has 0 bridgehead atoms. The van der Waals surface area contributed by atoms with Gasteiger partial charge in [-0.05, 0) is 0 Å². The Labute approximate surface area is 48.6 Å². The van der Waals surface area contributed by atoms with Crippen LogP contribution in [0.15, 0.2) is 0 Å². The maximum atomic E-state index is 11.3. The molecule has 0 saturated heterocycles. The minimum Gasteiger partial charge on any atom is -0.449 e. The molecular weight excluding hydrogens is 116 g/mol. The van der Waals surface area contributed by atoms with Crippen molar-refractivity contribution in [3.8, 4) is 0 Å². The van der Waals surface area contributed by atoms with E-state index in [1.807, 2.05) is 0 Å². The van der Waals surface area contributed by atoms with Crippen molar-refractivity contribution in [2.75, 3.05) is 0 Å². The van der Waals surface area contributed by atoms with Gasteiger partial charge in [-0.3, -0.25) is 0 Å². The summed E-state index contributed by atoms with van der Waals surface area (Å²) >= 11 is 0. The summed E-state index contributed by atoms with van der Waals surface area (Å²) in [6, 6.07) is 0. The van der Waals surface area contributed by atoms with Gasteiger partial charge in [0.05, 0.1) is 0 Å². The van der Waals surface area contributed by atoms with Gasteiger partial charge in [0.25, 0.3) is 0 Å². The number of unbranched alkanes of at least 4 members (excludes halogenated alkanes) is 1. The molecule has 0 N–H and O–H groups in total. The van der Waals surface area contributed by atoms with Crippen LogP contribution in [0.5, 0.6) is 0 Å². The van der Waals surface area contributed by atoms with Crippen molar-refractivity contribution in [2.45, 2.75) is 26.1 Å². The largest absolute Gasteiger partial charge is 1.00 e. The number of halogens is 3. The first-order valence-corrected chi connectivity index (χ1v) is 2.77. The summed E-state index contributed by atoms with van der Waals surface area (Å²) in [5, 5.41) is 0. The van der Waals surface area contributed by atoms with Gasteiger partial charge in [-0.2, -0.15) is 0 Å². The normalized spacial score (nSPS) is 12.0. The lowest BCUT2D eigenvalue weighted by molar-refractivity contribution is 0.463. The molecule has 0 nitrogen and oxygen atoms in total. The second-order valence-electron chi connectivity index (χ2n) is 1.85. The molecule has 0 fully saturated rings. The lowest BCUT2D eigenvalue weighted by Crippen LogP contribution is -2.13. The van der Waals surface area contributed by atoms with Crippen molar-refractivity contribution < 1.29 is 14.4 Å². The van der Waals surface area contributed by atoms with E-state index in [2.05, 4.69) is 0 Å². The topological polar surface area (TPSA) is 0 Å². The molecule has 0 aliphatic carbocycles. The average molecular weight is 126 g/mol. The van der Waals surface area contributed by atoms with E-state index >= 15 is 0 Å². The highest BCUT2D eigenvalue weighted by Crippen LogP contribution is 2.17. The van der Waals surface area contributed by atoms with Crippen LogP contribution in [-0.4, -0.2) is 6.98 Å². The van der Waals surface area contributed by atoms with Crippen LogP contribution >= 0.6 is 0 Å². The fourth-order valence-electron chi connectivity index (χ4n) is 0.436. The molecule has 0 unspecified atom stereocenters. The Kier molecular flexibility index (Phi) is 2.94. The zero-order valence-electron chi connectivity index (χ0n) is 5.83. The third kappa shape index (κ3) is 5.85. The molecule has 0 aliphatic heterocycles. The molecule has 4 heteroatoms. The monoisotopic (exact) mass is 126 g/mol. The van der Waals surface area contributed by atoms with E-state index in [9.17, 15) is 12.9 Å². The lowest BCUT2D eigenvalue weighted by atomic mass is 9.84. The van der Waals surface area contributed by atoms with Gasteiger partial charge in [0.1, 0.15) is 0 Å².